The van der Waals surface area contributed by atoms with E-state index in [0.717, 1.165) is 24.8 Å². The Kier molecular flexibility index (Phi) is 5.91. The van der Waals surface area contributed by atoms with Crippen LogP contribution in [0.3, 0.4) is 0 Å². The minimum absolute atomic E-state index is 0.184. The van der Waals surface area contributed by atoms with Crippen molar-refractivity contribution in [3.05, 3.63) is 56.9 Å². The van der Waals surface area contributed by atoms with Crippen LogP contribution in [0.5, 0.6) is 0 Å². The van der Waals surface area contributed by atoms with Crippen molar-refractivity contribution in [2.45, 2.75) is 57.1 Å². The van der Waals surface area contributed by atoms with Crippen LogP contribution in [-0.4, -0.2) is 43.7 Å². The van der Waals surface area contributed by atoms with E-state index in [4.69, 9.17) is 0 Å². The summed E-state index contributed by atoms with van der Waals surface area (Å²) in [4.78, 5) is 28.8. The number of aromatic nitrogens is 2. The number of nitro benzene ring substituents is 2. The Morgan fingerprint density at radius 2 is 1.76 bits per heavy atom. The molecule has 1 saturated heterocycles. The van der Waals surface area contributed by atoms with Gasteiger partial charge in [0.15, 0.2) is 0 Å². The summed E-state index contributed by atoms with van der Waals surface area (Å²) in [5.41, 5.74) is 1.78. The molecule has 2 aliphatic rings. The van der Waals surface area contributed by atoms with Crippen LogP contribution in [0.4, 0.5) is 17.1 Å². The van der Waals surface area contributed by atoms with E-state index < -0.39 is 27.3 Å². The molecule has 0 radical (unpaired) electrons. The molecule has 1 unspecified atom stereocenters. The van der Waals surface area contributed by atoms with E-state index in [0.29, 0.717) is 42.3 Å². The van der Waals surface area contributed by atoms with Gasteiger partial charge in [-0.15, -0.1) is 0 Å². The number of aliphatic hydroxyl groups is 1. The number of imidazole rings is 1. The van der Waals surface area contributed by atoms with Crippen LogP contribution in [0, 0.1) is 20.2 Å². The Bertz CT molecular complexity index is 1250. The van der Waals surface area contributed by atoms with Gasteiger partial charge >= 0.3 is 11.4 Å². The number of anilines is 1. The highest BCUT2D eigenvalue weighted by Crippen LogP contribution is 2.42. The molecular formula is C24H27N5O5. The van der Waals surface area contributed by atoms with Crippen LogP contribution in [0.15, 0.2) is 36.7 Å². The van der Waals surface area contributed by atoms with E-state index in [1.165, 1.54) is 25.3 Å². The molecule has 5 rings (SSSR count). The van der Waals surface area contributed by atoms with Crippen molar-refractivity contribution >= 4 is 28.1 Å². The molecule has 34 heavy (non-hydrogen) atoms. The number of nitrogens with zero attached hydrogens (tertiary/aromatic N) is 5. The first-order valence-electron chi connectivity index (χ1n) is 11.8. The van der Waals surface area contributed by atoms with Crippen LogP contribution in [0.1, 0.15) is 51.0 Å². The van der Waals surface area contributed by atoms with Gasteiger partial charge in [-0.2, -0.15) is 0 Å². The van der Waals surface area contributed by atoms with E-state index in [2.05, 4.69) is 9.55 Å². The van der Waals surface area contributed by atoms with Gasteiger partial charge in [-0.05, 0) is 49.4 Å². The second-order valence-electron chi connectivity index (χ2n) is 9.26. The lowest BCUT2D eigenvalue weighted by atomic mass is 9.95. The standard InChI is InChI=1S/C24H27N5O5/c30-19-7-4-10-26(14-19)18-12-20(24(29(33)34)23(13-18)28(31)32)16-8-9-22-21(11-16)25-15-27(22)17-5-2-1-3-6-17/h8-9,11-13,15,17,19,30H,1-7,10,14H2. The Morgan fingerprint density at radius 3 is 2.47 bits per heavy atom. The Morgan fingerprint density at radius 1 is 0.971 bits per heavy atom. The molecule has 2 fully saturated rings. The zero-order chi connectivity index (χ0) is 23.8. The van der Waals surface area contributed by atoms with Crippen molar-refractivity contribution in [1.82, 2.24) is 9.55 Å². The second kappa shape index (κ2) is 9.02. The fourth-order valence-electron chi connectivity index (χ4n) is 5.38. The summed E-state index contributed by atoms with van der Waals surface area (Å²) in [6.07, 6.45) is 8.54. The molecule has 1 aliphatic carbocycles. The third kappa shape index (κ3) is 4.09. The number of fused-ring (bicyclic) bond motifs is 1. The van der Waals surface area contributed by atoms with Crippen molar-refractivity contribution in [3.8, 4) is 11.1 Å². The molecule has 3 aromatic rings. The van der Waals surface area contributed by atoms with Crippen molar-refractivity contribution in [2.24, 2.45) is 0 Å². The summed E-state index contributed by atoms with van der Waals surface area (Å²) in [7, 11) is 0. The lowest BCUT2D eigenvalue weighted by Gasteiger charge is -2.32. The lowest BCUT2D eigenvalue weighted by molar-refractivity contribution is -0.422. The first-order valence-corrected chi connectivity index (χ1v) is 11.8. The normalized spacial score (nSPS) is 19.4. The number of β-amino-alcohol motifs (C(OH)–C–C–N with tert-alkyl or cyclic N) is 1. The van der Waals surface area contributed by atoms with Gasteiger partial charge in [0, 0.05) is 30.9 Å². The molecule has 1 aliphatic heterocycles. The Balaban J connectivity index is 1.62. The predicted octanol–water partition coefficient (Wildman–Crippen LogP) is 4.99. The highest BCUT2D eigenvalue weighted by atomic mass is 16.6. The maximum absolute atomic E-state index is 12.0. The van der Waals surface area contributed by atoms with Gasteiger partial charge in [0.1, 0.15) is 0 Å². The molecule has 10 heteroatoms. The number of rotatable bonds is 5. The molecule has 1 saturated carbocycles. The highest BCUT2D eigenvalue weighted by Gasteiger charge is 2.32. The van der Waals surface area contributed by atoms with E-state index in [1.807, 2.05) is 17.3 Å². The monoisotopic (exact) mass is 465 g/mol. The largest absolute Gasteiger partial charge is 0.391 e. The zero-order valence-electron chi connectivity index (χ0n) is 18.8. The summed E-state index contributed by atoms with van der Waals surface area (Å²) in [6, 6.07) is 8.73. The summed E-state index contributed by atoms with van der Waals surface area (Å²) in [5.74, 6) is 0. The van der Waals surface area contributed by atoms with E-state index >= 15 is 0 Å². The van der Waals surface area contributed by atoms with Crippen LogP contribution in [-0.2, 0) is 0 Å². The van der Waals surface area contributed by atoms with Gasteiger partial charge < -0.3 is 14.6 Å². The number of aliphatic hydroxyl groups excluding tert-OH is 1. The summed E-state index contributed by atoms with van der Waals surface area (Å²) in [5, 5.41) is 33.9. The predicted molar refractivity (Wildman–Crippen MR) is 128 cm³/mol. The number of benzene rings is 2. The number of nitro groups is 2. The summed E-state index contributed by atoms with van der Waals surface area (Å²) >= 11 is 0. The van der Waals surface area contributed by atoms with Crippen LogP contribution in [0.2, 0.25) is 0 Å². The van der Waals surface area contributed by atoms with Gasteiger partial charge in [-0.25, -0.2) is 4.98 Å². The average molecular weight is 466 g/mol. The third-order valence-electron chi connectivity index (χ3n) is 7.07. The van der Waals surface area contributed by atoms with Gasteiger partial charge in [0.05, 0.1) is 38.9 Å². The molecule has 10 nitrogen and oxygen atoms in total. The minimum Gasteiger partial charge on any atom is -0.391 e. The fourth-order valence-corrected chi connectivity index (χ4v) is 5.38. The highest BCUT2D eigenvalue weighted by molar-refractivity contribution is 5.89. The molecule has 2 aromatic carbocycles. The first-order chi connectivity index (χ1) is 16.4. The molecule has 0 spiro atoms. The van der Waals surface area contributed by atoms with Gasteiger partial charge in [0.2, 0.25) is 0 Å². The maximum Gasteiger partial charge on any atom is 0.353 e. The zero-order valence-corrected chi connectivity index (χ0v) is 18.8. The average Bonchev–Trinajstić information content (AvgIpc) is 3.27. The van der Waals surface area contributed by atoms with Crippen molar-refractivity contribution in [1.29, 1.82) is 0 Å². The van der Waals surface area contributed by atoms with E-state index in [1.54, 1.807) is 18.2 Å². The van der Waals surface area contributed by atoms with Crippen LogP contribution in [0.25, 0.3) is 22.2 Å². The molecule has 178 valence electrons. The smallest absolute Gasteiger partial charge is 0.353 e. The Labute approximate surface area is 196 Å². The molecular weight excluding hydrogens is 438 g/mol. The molecule has 2 heterocycles. The third-order valence-corrected chi connectivity index (χ3v) is 7.07. The molecule has 0 bridgehead atoms. The molecule has 0 amide bonds. The van der Waals surface area contributed by atoms with E-state index in [-0.39, 0.29) is 5.56 Å². The first kappa shape index (κ1) is 22.3. The van der Waals surface area contributed by atoms with Crippen LogP contribution < -0.4 is 4.90 Å². The quantitative estimate of drug-likeness (QED) is 0.415. The second-order valence-corrected chi connectivity index (χ2v) is 9.26. The molecule has 1 N–H and O–H groups in total. The fraction of sp³-hybridized carbons (Fsp3) is 0.458. The topological polar surface area (TPSA) is 128 Å². The number of hydrogen-bond acceptors (Lipinski definition) is 7. The number of piperidine rings is 1. The van der Waals surface area contributed by atoms with Crippen LogP contribution >= 0.6 is 0 Å². The van der Waals surface area contributed by atoms with Crippen molar-refractivity contribution in [2.75, 3.05) is 18.0 Å². The van der Waals surface area contributed by atoms with Gasteiger partial charge in [-0.3, -0.25) is 20.2 Å². The molecule has 1 aromatic heterocycles. The molecule has 1 atom stereocenters. The van der Waals surface area contributed by atoms with Crippen molar-refractivity contribution < 1.29 is 15.0 Å². The lowest BCUT2D eigenvalue weighted by Crippen LogP contribution is -2.38. The van der Waals surface area contributed by atoms with Gasteiger partial charge in [-0.1, -0.05) is 25.3 Å². The number of hydrogen-bond donors (Lipinski definition) is 1. The summed E-state index contributed by atoms with van der Waals surface area (Å²) < 4.78 is 2.18. The van der Waals surface area contributed by atoms with Gasteiger partial charge in [0.25, 0.3) is 0 Å². The Hall–Kier alpha value is -3.53. The SMILES string of the molecule is O=[N+]([O-])c1cc(N2CCCC(O)C2)cc(-c2ccc3c(c2)ncn3C2CCCCC2)c1[N+](=O)[O-]. The summed E-state index contributed by atoms with van der Waals surface area (Å²) in [6.45, 7) is 0.954. The maximum atomic E-state index is 12.0. The minimum atomic E-state index is -0.707. The van der Waals surface area contributed by atoms with E-state index in [9.17, 15) is 25.3 Å². The van der Waals surface area contributed by atoms with Crippen molar-refractivity contribution in [3.63, 3.8) is 0 Å².